The second-order valence-corrected chi connectivity index (χ2v) is 5.06. The Hall–Kier alpha value is -1.88. The van der Waals surface area contributed by atoms with Crippen LogP contribution >= 0.6 is 0 Å². The van der Waals surface area contributed by atoms with Gasteiger partial charge in [0.2, 0.25) is 5.91 Å². The van der Waals surface area contributed by atoms with Gasteiger partial charge in [-0.05, 0) is 25.0 Å². The van der Waals surface area contributed by atoms with E-state index in [1.165, 1.54) is 4.90 Å². The molecule has 3 N–H and O–H groups in total. The quantitative estimate of drug-likeness (QED) is 0.862. The van der Waals surface area contributed by atoms with Gasteiger partial charge in [0.15, 0.2) is 0 Å². The summed E-state index contributed by atoms with van der Waals surface area (Å²) in [6.45, 7) is 3.75. The number of amides is 2. The Morgan fingerprint density at radius 2 is 1.75 bits per heavy atom. The Kier molecular flexibility index (Phi) is 5.27. The number of rotatable bonds is 5. The molecule has 0 fully saturated rings. The van der Waals surface area contributed by atoms with Crippen molar-refractivity contribution in [2.45, 2.75) is 32.2 Å². The number of nitrogens with zero attached hydrogens (tertiary/aromatic N) is 1. The molecule has 0 saturated heterocycles. The molecule has 0 atom stereocenters. The van der Waals surface area contributed by atoms with Crippen molar-refractivity contribution in [3.8, 4) is 0 Å². The van der Waals surface area contributed by atoms with E-state index >= 15 is 0 Å². The van der Waals surface area contributed by atoms with Crippen LogP contribution in [0, 0.1) is 0 Å². The maximum atomic E-state index is 12.3. The predicted octanol–water partition coefficient (Wildman–Crippen LogP) is 1.84. The van der Waals surface area contributed by atoms with Crippen molar-refractivity contribution >= 4 is 17.5 Å². The van der Waals surface area contributed by atoms with E-state index in [0.29, 0.717) is 24.1 Å². The number of benzene rings is 1. The van der Waals surface area contributed by atoms with Crippen molar-refractivity contribution in [3.63, 3.8) is 0 Å². The number of hydrogen-bond acceptors (Lipinski definition) is 3. The van der Waals surface area contributed by atoms with Gasteiger partial charge >= 0.3 is 0 Å². The van der Waals surface area contributed by atoms with Crippen LogP contribution in [-0.4, -0.2) is 36.3 Å². The van der Waals surface area contributed by atoms with Crippen LogP contribution in [-0.2, 0) is 4.79 Å². The first-order chi connectivity index (χ1) is 9.35. The molecule has 5 nitrogen and oxygen atoms in total. The van der Waals surface area contributed by atoms with E-state index in [0.717, 1.165) is 0 Å². The van der Waals surface area contributed by atoms with Crippen LogP contribution in [0.1, 0.15) is 37.0 Å². The molecule has 2 amide bonds. The largest absolute Gasteiger partial charge is 0.345 e. The van der Waals surface area contributed by atoms with Gasteiger partial charge in [0.05, 0.1) is 16.8 Å². The molecule has 20 heavy (non-hydrogen) atoms. The predicted molar refractivity (Wildman–Crippen MR) is 80.6 cm³/mol. The van der Waals surface area contributed by atoms with Crippen LogP contribution in [0.2, 0.25) is 0 Å². The zero-order valence-electron chi connectivity index (χ0n) is 12.6. The summed E-state index contributed by atoms with van der Waals surface area (Å²) in [7, 11) is 3.35. The summed E-state index contributed by atoms with van der Waals surface area (Å²) < 4.78 is 0. The number of nitrogens with one attached hydrogen (secondary N) is 1. The van der Waals surface area contributed by atoms with Crippen LogP contribution in [0.4, 0.5) is 5.69 Å². The van der Waals surface area contributed by atoms with Crippen molar-refractivity contribution in [2.75, 3.05) is 19.4 Å². The first-order valence-corrected chi connectivity index (χ1v) is 6.76. The number of nitrogens with two attached hydrogens (primary N) is 1. The molecule has 0 heterocycles. The Bertz CT molecular complexity index is 494. The summed E-state index contributed by atoms with van der Waals surface area (Å²) in [5, 5.41) is 2.78. The van der Waals surface area contributed by atoms with Crippen LogP contribution in [0.3, 0.4) is 0 Å². The maximum absolute atomic E-state index is 12.3. The van der Waals surface area contributed by atoms with E-state index in [1.54, 1.807) is 38.4 Å². The lowest BCUT2D eigenvalue weighted by atomic mass is 9.93. The first-order valence-electron chi connectivity index (χ1n) is 6.76. The minimum Gasteiger partial charge on any atom is -0.345 e. The van der Waals surface area contributed by atoms with Crippen LogP contribution in [0.25, 0.3) is 0 Å². The lowest BCUT2D eigenvalue weighted by Gasteiger charge is -2.26. The molecule has 0 aliphatic rings. The van der Waals surface area contributed by atoms with Gasteiger partial charge in [-0.1, -0.05) is 26.0 Å². The molecule has 1 aromatic rings. The smallest absolute Gasteiger partial charge is 0.255 e. The van der Waals surface area contributed by atoms with Crippen LogP contribution < -0.4 is 11.1 Å². The number of para-hydroxylation sites is 1. The highest BCUT2D eigenvalue weighted by Crippen LogP contribution is 2.20. The minimum atomic E-state index is -0.908. The van der Waals surface area contributed by atoms with Crippen molar-refractivity contribution in [2.24, 2.45) is 5.73 Å². The highest BCUT2D eigenvalue weighted by Gasteiger charge is 2.30. The topological polar surface area (TPSA) is 75.4 Å². The molecular weight excluding hydrogens is 254 g/mol. The van der Waals surface area contributed by atoms with Crippen LogP contribution in [0.5, 0.6) is 0 Å². The average molecular weight is 277 g/mol. The van der Waals surface area contributed by atoms with Gasteiger partial charge in [-0.15, -0.1) is 0 Å². The van der Waals surface area contributed by atoms with Gasteiger partial charge in [0.1, 0.15) is 0 Å². The summed E-state index contributed by atoms with van der Waals surface area (Å²) in [5.41, 5.74) is 6.11. The zero-order chi connectivity index (χ0) is 15.3. The lowest BCUT2D eigenvalue weighted by Crippen LogP contribution is -2.50. The van der Waals surface area contributed by atoms with E-state index in [9.17, 15) is 9.59 Å². The summed E-state index contributed by atoms with van der Waals surface area (Å²) in [6, 6.07) is 6.94. The van der Waals surface area contributed by atoms with Crippen LogP contribution in [0.15, 0.2) is 24.3 Å². The van der Waals surface area contributed by atoms with Gasteiger partial charge in [-0.25, -0.2) is 0 Å². The van der Waals surface area contributed by atoms with E-state index < -0.39 is 5.54 Å². The highest BCUT2D eigenvalue weighted by molar-refractivity contribution is 6.05. The van der Waals surface area contributed by atoms with Crippen molar-refractivity contribution in [3.05, 3.63) is 29.8 Å². The molecule has 0 aliphatic carbocycles. The number of hydrogen-bond donors (Lipinski definition) is 2. The molecule has 0 bridgehead atoms. The fraction of sp³-hybridized carbons (Fsp3) is 0.467. The second kappa shape index (κ2) is 6.52. The molecule has 1 aromatic carbocycles. The SMILES string of the molecule is CCC(N)(CC)C(=O)Nc1ccccc1C(=O)N(C)C. The van der Waals surface area contributed by atoms with Gasteiger partial charge in [-0.2, -0.15) is 0 Å². The maximum Gasteiger partial charge on any atom is 0.255 e. The average Bonchev–Trinajstić information content (AvgIpc) is 2.46. The molecule has 5 heteroatoms. The number of anilines is 1. The summed E-state index contributed by atoms with van der Waals surface area (Å²) >= 11 is 0. The van der Waals surface area contributed by atoms with E-state index in [-0.39, 0.29) is 11.8 Å². The third kappa shape index (κ3) is 3.36. The van der Waals surface area contributed by atoms with Gasteiger partial charge in [0.25, 0.3) is 5.91 Å². The van der Waals surface area contributed by atoms with E-state index in [4.69, 9.17) is 5.73 Å². The molecule has 0 unspecified atom stereocenters. The second-order valence-electron chi connectivity index (χ2n) is 5.06. The normalized spacial score (nSPS) is 11.1. The molecule has 0 radical (unpaired) electrons. The third-order valence-corrected chi connectivity index (χ3v) is 3.53. The molecule has 110 valence electrons. The van der Waals surface area contributed by atoms with Gasteiger partial charge in [0, 0.05) is 14.1 Å². The summed E-state index contributed by atoms with van der Waals surface area (Å²) in [5.74, 6) is -0.418. The standard InChI is InChI=1S/C15H23N3O2/c1-5-15(16,6-2)14(20)17-12-10-8-7-9-11(12)13(19)18(3)4/h7-10H,5-6,16H2,1-4H3,(H,17,20). The van der Waals surface area contributed by atoms with Gasteiger partial charge in [-0.3, -0.25) is 9.59 Å². The van der Waals surface area contributed by atoms with Gasteiger partial charge < -0.3 is 16.0 Å². The molecule has 0 aromatic heterocycles. The number of carbonyl (C=O) groups excluding carboxylic acids is 2. The Morgan fingerprint density at radius 3 is 2.25 bits per heavy atom. The van der Waals surface area contributed by atoms with E-state index in [1.807, 2.05) is 13.8 Å². The zero-order valence-corrected chi connectivity index (χ0v) is 12.6. The monoisotopic (exact) mass is 277 g/mol. The Morgan fingerprint density at radius 1 is 1.20 bits per heavy atom. The minimum absolute atomic E-state index is 0.156. The third-order valence-electron chi connectivity index (χ3n) is 3.53. The Balaban J connectivity index is 3.05. The lowest BCUT2D eigenvalue weighted by molar-refractivity contribution is -0.121. The molecule has 0 spiro atoms. The molecular formula is C15H23N3O2. The summed E-state index contributed by atoms with van der Waals surface area (Å²) in [6.07, 6.45) is 1.08. The highest BCUT2D eigenvalue weighted by atomic mass is 16.2. The fourth-order valence-corrected chi connectivity index (χ4v) is 1.84. The molecule has 1 rings (SSSR count). The van der Waals surface area contributed by atoms with Crippen molar-refractivity contribution in [1.82, 2.24) is 4.90 Å². The summed E-state index contributed by atoms with van der Waals surface area (Å²) in [4.78, 5) is 25.8. The van der Waals surface area contributed by atoms with Crippen molar-refractivity contribution < 1.29 is 9.59 Å². The Labute approximate surface area is 120 Å². The fourth-order valence-electron chi connectivity index (χ4n) is 1.84. The number of carbonyl (C=O) groups is 2. The molecule has 0 aliphatic heterocycles. The van der Waals surface area contributed by atoms with E-state index in [2.05, 4.69) is 5.32 Å². The molecule has 0 saturated carbocycles. The first kappa shape index (κ1) is 16.2. The van der Waals surface area contributed by atoms with Crippen molar-refractivity contribution in [1.29, 1.82) is 0 Å².